The Kier molecular flexibility index (Phi) is 7.70. The molecule has 0 radical (unpaired) electrons. The lowest BCUT2D eigenvalue weighted by Crippen LogP contribution is -2.35. The molecule has 1 aliphatic rings. The predicted octanol–water partition coefficient (Wildman–Crippen LogP) is 4.56. The van der Waals surface area contributed by atoms with E-state index in [1.54, 1.807) is 19.2 Å². The van der Waals surface area contributed by atoms with Gasteiger partial charge in [0.25, 0.3) is 0 Å². The first-order valence-electron chi connectivity index (χ1n) is 11.8. The maximum Gasteiger partial charge on any atom is 0.339 e. The van der Waals surface area contributed by atoms with Crippen molar-refractivity contribution < 1.29 is 24.1 Å². The number of piperidine rings is 1. The SMILES string of the molecule is CCOC(C)n1cc(C2CCN(CCOc3cc(OC)ccc3C(=O)O)CC2)c2cccnc21. The van der Waals surface area contributed by atoms with Gasteiger partial charge < -0.3 is 23.9 Å². The molecule has 0 spiro atoms. The van der Waals surface area contributed by atoms with E-state index in [0.717, 1.165) is 38.1 Å². The van der Waals surface area contributed by atoms with Crippen LogP contribution >= 0.6 is 0 Å². The van der Waals surface area contributed by atoms with Crippen molar-refractivity contribution in [1.29, 1.82) is 0 Å². The monoisotopic (exact) mass is 467 g/mol. The molecule has 0 aliphatic carbocycles. The van der Waals surface area contributed by atoms with E-state index in [0.29, 0.717) is 30.6 Å². The van der Waals surface area contributed by atoms with Crippen molar-refractivity contribution in [3.05, 3.63) is 53.9 Å². The highest BCUT2D eigenvalue weighted by Crippen LogP contribution is 2.35. The van der Waals surface area contributed by atoms with Crippen molar-refractivity contribution in [2.75, 3.05) is 40.0 Å². The van der Waals surface area contributed by atoms with Crippen molar-refractivity contribution >= 4 is 17.0 Å². The number of fused-ring (bicyclic) bond motifs is 1. The van der Waals surface area contributed by atoms with Crippen molar-refractivity contribution in [2.45, 2.75) is 38.8 Å². The number of carboxylic acids is 1. The molecule has 8 nitrogen and oxygen atoms in total. The molecule has 34 heavy (non-hydrogen) atoms. The summed E-state index contributed by atoms with van der Waals surface area (Å²) >= 11 is 0. The third-order valence-corrected chi connectivity index (χ3v) is 6.53. The molecular weight excluding hydrogens is 434 g/mol. The molecule has 3 aromatic rings. The number of carbonyl (C=O) groups is 1. The lowest BCUT2D eigenvalue weighted by atomic mass is 9.89. The molecule has 1 aliphatic heterocycles. The second-order valence-electron chi connectivity index (χ2n) is 8.55. The Bertz CT molecular complexity index is 1120. The Labute approximate surface area is 200 Å². The highest BCUT2D eigenvalue weighted by atomic mass is 16.5. The Hall–Kier alpha value is -3.10. The lowest BCUT2D eigenvalue weighted by molar-refractivity contribution is 0.0275. The minimum Gasteiger partial charge on any atom is -0.497 e. The minimum atomic E-state index is -1.01. The Morgan fingerprint density at radius 1 is 1.26 bits per heavy atom. The first-order chi connectivity index (χ1) is 16.5. The van der Waals surface area contributed by atoms with Crippen LogP contribution in [0.25, 0.3) is 11.0 Å². The number of methoxy groups -OCH3 is 1. The second kappa shape index (κ2) is 10.9. The maximum atomic E-state index is 11.5. The molecule has 182 valence electrons. The number of carboxylic acid groups (broad SMARTS) is 1. The van der Waals surface area contributed by atoms with E-state index < -0.39 is 5.97 Å². The Balaban J connectivity index is 1.37. The summed E-state index contributed by atoms with van der Waals surface area (Å²) in [6, 6.07) is 8.92. The Morgan fingerprint density at radius 3 is 2.76 bits per heavy atom. The van der Waals surface area contributed by atoms with Crippen LogP contribution in [0.15, 0.2) is 42.7 Å². The lowest BCUT2D eigenvalue weighted by Gasteiger charge is -2.31. The number of benzene rings is 1. The van der Waals surface area contributed by atoms with E-state index in [-0.39, 0.29) is 11.8 Å². The molecule has 8 heteroatoms. The van der Waals surface area contributed by atoms with E-state index in [1.165, 1.54) is 17.0 Å². The molecule has 4 rings (SSSR count). The fraction of sp³-hybridized carbons (Fsp3) is 0.462. The molecule has 1 N–H and O–H groups in total. The molecule has 1 fully saturated rings. The average molecular weight is 468 g/mol. The molecule has 0 amide bonds. The van der Waals surface area contributed by atoms with Crippen LogP contribution < -0.4 is 9.47 Å². The van der Waals surface area contributed by atoms with Gasteiger partial charge in [-0.3, -0.25) is 4.90 Å². The van der Waals surface area contributed by atoms with Crippen molar-refractivity contribution in [3.8, 4) is 11.5 Å². The van der Waals surface area contributed by atoms with Crippen molar-refractivity contribution in [2.24, 2.45) is 0 Å². The van der Waals surface area contributed by atoms with E-state index in [2.05, 4.69) is 33.6 Å². The van der Waals surface area contributed by atoms with Gasteiger partial charge in [0.1, 0.15) is 35.5 Å². The standard InChI is InChI=1S/C26H33N3O5/c1-4-33-18(2)29-17-23(21-6-5-11-27-25(21)29)19-9-12-28(13-10-19)14-15-34-24-16-20(32-3)7-8-22(24)26(30)31/h5-8,11,16-19H,4,9-10,12-15H2,1-3H3,(H,30,31). The highest BCUT2D eigenvalue weighted by molar-refractivity contribution is 5.91. The Morgan fingerprint density at radius 2 is 2.06 bits per heavy atom. The predicted molar refractivity (Wildman–Crippen MR) is 130 cm³/mol. The van der Waals surface area contributed by atoms with E-state index in [9.17, 15) is 9.90 Å². The zero-order chi connectivity index (χ0) is 24.1. The number of pyridine rings is 1. The van der Waals surface area contributed by atoms with Crippen molar-refractivity contribution in [1.82, 2.24) is 14.5 Å². The third-order valence-electron chi connectivity index (χ3n) is 6.53. The first kappa shape index (κ1) is 24.0. The van der Waals surface area contributed by atoms with Gasteiger partial charge in [-0.1, -0.05) is 0 Å². The van der Waals surface area contributed by atoms with Crippen LogP contribution in [0.2, 0.25) is 0 Å². The molecule has 2 aromatic heterocycles. The molecule has 1 saturated heterocycles. The van der Waals surface area contributed by atoms with Crippen LogP contribution in [0.5, 0.6) is 11.5 Å². The number of ether oxygens (including phenoxy) is 3. The minimum absolute atomic E-state index is 0.0549. The number of likely N-dealkylation sites (tertiary alicyclic amines) is 1. The van der Waals surface area contributed by atoms with Gasteiger partial charge in [0.2, 0.25) is 0 Å². The van der Waals surface area contributed by atoms with Crippen molar-refractivity contribution in [3.63, 3.8) is 0 Å². The summed E-state index contributed by atoms with van der Waals surface area (Å²) in [5.74, 6) is 0.375. The summed E-state index contributed by atoms with van der Waals surface area (Å²) in [5, 5.41) is 10.6. The number of rotatable bonds is 10. The van der Waals surface area contributed by atoms with Crippen LogP contribution in [0.3, 0.4) is 0 Å². The zero-order valence-electron chi connectivity index (χ0n) is 20.1. The summed E-state index contributed by atoms with van der Waals surface area (Å²) in [5.41, 5.74) is 2.46. The van der Waals surface area contributed by atoms with Gasteiger partial charge in [-0.05, 0) is 75.5 Å². The van der Waals surface area contributed by atoms with Gasteiger partial charge in [-0.25, -0.2) is 9.78 Å². The molecule has 1 aromatic carbocycles. The topological polar surface area (TPSA) is 86.0 Å². The fourth-order valence-corrected chi connectivity index (χ4v) is 4.71. The van der Waals surface area contributed by atoms with E-state index >= 15 is 0 Å². The fourth-order valence-electron chi connectivity index (χ4n) is 4.71. The summed E-state index contributed by atoms with van der Waals surface area (Å²) in [7, 11) is 1.55. The van der Waals surface area contributed by atoms with E-state index in [1.807, 2.05) is 19.2 Å². The van der Waals surface area contributed by atoms with Gasteiger partial charge in [0.15, 0.2) is 0 Å². The molecule has 1 unspecified atom stereocenters. The van der Waals surface area contributed by atoms with Crippen LogP contribution in [0.1, 0.15) is 54.8 Å². The van der Waals surface area contributed by atoms with Crippen LogP contribution in [-0.2, 0) is 4.74 Å². The van der Waals surface area contributed by atoms with Crippen LogP contribution in [-0.4, -0.2) is 65.5 Å². The molecular formula is C26H33N3O5. The van der Waals surface area contributed by atoms with Gasteiger partial charge in [0.05, 0.1) is 7.11 Å². The molecule has 0 saturated carbocycles. The van der Waals surface area contributed by atoms with Gasteiger partial charge in [0, 0.05) is 37.0 Å². The van der Waals surface area contributed by atoms with Gasteiger partial charge >= 0.3 is 5.97 Å². The quantitative estimate of drug-likeness (QED) is 0.468. The number of aromatic carboxylic acids is 1. The third kappa shape index (κ3) is 5.18. The number of aromatic nitrogens is 2. The molecule has 0 bridgehead atoms. The summed E-state index contributed by atoms with van der Waals surface area (Å²) < 4.78 is 19.0. The number of nitrogens with zero attached hydrogens (tertiary/aromatic N) is 3. The summed E-state index contributed by atoms with van der Waals surface area (Å²) in [6.07, 6.45) is 6.10. The number of hydrogen-bond donors (Lipinski definition) is 1. The average Bonchev–Trinajstić information content (AvgIpc) is 3.24. The molecule has 3 heterocycles. The van der Waals surface area contributed by atoms with Gasteiger partial charge in [-0.2, -0.15) is 0 Å². The summed E-state index contributed by atoms with van der Waals surface area (Å²) in [4.78, 5) is 18.5. The highest BCUT2D eigenvalue weighted by Gasteiger charge is 2.25. The van der Waals surface area contributed by atoms with E-state index in [4.69, 9.17) is 14.2 Å². The summed E-state index contributed by atoms with van der Waals surface area (Å²) in [6.45, 7) is 7.82. The van der Waals surface area contributed by atoms with Crippen LogP contribution in [0, 0.1) is 0 Å². The smallest absolute Gasteiger partial charge is 0.339 e. The normalized spacial score (nSPS) is 16.0. The van der Waals surface area contributed by atoms with Gasteiger partial charge in [-0.15, -0.1) is 0 Å². The molecule has 1 atom stereocenters. The largest absolute Gasteiger partial charge is 0.497 e. The number of hydrogen-bond acceptors (Lipinski definition) is 6. The second-order valence-corrected chi connectivity index (χ2v) is 8.55. The maximum absolute atomic E-state index is 11.5. The zero-order valence-corrected chi connectivity index (χ0v) is 20.1. The first-order valence-corrected chi connectivity index (χ1v) is 11.8. The van der Waals surface area contributed by atoms with Crippen LogP contribution in [0.4, 0.5) is 0 Å².